The average molecular weight is 403 g/mol. The van der Waals surface area contributed by atoms with Gasteiger partial charge >= 0.3 is 11.9 Å². The first-order valence-electron chi connectivity index (χ1n) is 9.28. The SMILES string of the molecule is CCCCCCCCOC(=O)CCC(=O)OCCc1ccc(Cl)cc1Cl. The van der Waals surface area contributed by atoms with Gasteiger partial charge in [0.05, 0.1) is 26.1 Å². The second-order valence-electron chi connectivity index (χ2n) is 6.19. The van der Waals surface area contributed by atoms with Crippen molar-refractivity contribution in [3.63, 3.8) is 0 Å². The lowest BCUT2D eigenvalue weighted by Crippen LogP contribution is -2.12. The van der Waals surface area contributed by atoms with Crippen molar-refractivity contribution < 1.29 is 19.1 Å². The topological polar surface area (TPSA) is 52.6 Å². The van der Waals surface area contributed by atoms with E-state index < -0.39 is 5.97 Å². The third-order valence-corrected chi connectivity index (χ3v) is 4.53. The Bertz CT molecular complexity index is 561. The highest BCUT2D eigenvalue weighted by Crippen LogP contribution is 2.21. The molecule has 0 saturated carbocycles. The predicted octanol–water partition coefficient (Wildman–Crippen LogP) is 5.76. The van der Waals surface area contributed by atoms with E-state index in [1.165, 1.54) is 25.7 Å². The fourth-order valence-electron chi connectivity index (χ4n) is 2.42. The largest absolute Gasteiger partial charge is 0.466 e. The van der Waals surface area contributed by atoms with Crippen molar-refractivity contribution >= 4 is 35.1 Å². The van der Waals surface area contributed by atoms with Crippen LogP contribution in [0.5, 0.6) is 0 Å². The van der Waals surface area contributed by atoms with Crippen LogP contribution in [0.2, 0.25) is 10.0 Å². The van der Waals surface area contributed by atoms with Gasteiger partial charge in [0, 0.05) is 16.5 Å². The summed E-state index contributed by atoms with van der Waals surface area (Å²) in [7, 11) is 0. The highest BCUT2D eigenvalue weighted by atomic mass is 35.5. The number of carbonyl (C=O) groups is 2. The minimum absolute atomic E-state index is 0.0314. The number of rotatable bonds is 13. The molecule has 146 valence electrons. The van der Waals surface area contributed by atoms with E-state index in [0.29, 0.717) is 23.1 Å². The molecule has 0 spiro atoms. The number of carbonyl (C=O) groups excluding carboxylic acids is 2. The van der Waals surface area contributed by atoms with Crippen LogP contribution in [0.25, 0.3) is 0 Å². The van der Waals surface area contributed by atoms with Crippen LogP contribution in [-0.4, -0.2) is 25.2 Å². The van der Waals surface area contributed by atoms with Gasteiger partial charge in [-0.1, -0.05) is 68.3 Å². The maximum Gasteiger partial charge on any atom is 0.306 e. The molecule has 0 fully saturated rings. The van der Waals surface area contributed by atoms with Crippen molar-refractivity contribution in [3.8, 4) is 0 Å². The van der Waals surface area contributed by atoms with E-state index in [0.717, 1.165) is 18.4 Å². The molecule has 0 unspecified atom stereocenters. The normalized spacial score (nSPS) is 10.6. The van der Waals surface area contributed by atoms with Crippen molar-refractivity contribution in [3.05, 3.63) is 33.8 Å². The van der Waals surface area contributed by atoms with E-state index in [2.05, 4.69) is 6.92 Å². The molecule has 0 aliphatic rings. The molecule has 0 N–H and O–H groups in total. The Hall–Kier alpha value is -1.26. The second-order valence-corrected chi connectivity index (χ2v) is 7.04. The van der Waals surface area contributed by atoms with Crippen LogP contribution in [0.4, 0.5) is 0 Å². The molecular weight excluding hydrogens is 375 g/mol. The maximum absolute atomic E-state index is 11.7. The summed E-state index contributed by atoms with van der Waals surface area (Å²) in [6, 6.07) is 5.20. The van der Waals surface area contributed by atoms with Crippen LogP contribution in [0, 0.1) is 0 Å². The van der Waals surface area contributed by atoms with E-state index in [-0.39, 0.29) is 25.4 Å². The fourth-order valence-corrected chi connectivity index (χ4v) is 2.92. The number of ether oxygens (including phenoxy) is 2. The van der Waals surface area contributed by atoms with Crippen molar-refractivity contribution in [1.82, 2.24) is 0 Å². The number of hydrogen-bond donors (Lipinski definition) is 0. The van der Waals surface area contributed by atoms with Crippen molar-refractivity contribution in [2.75, 3.05) is 13.2 Å². The molecule has 0 saturated heterocycles. The van der Waals surface area contributed by atoms with Crippen molar-refractivity contribution in [2.45, 2.75) is 64.7 Å². The van der Waals surface area contributed by atoms with E-state index >= 15 is 0 Å². The number of benzene rings is 1. The summed E-state index contributed by atoms with van der Waals surface area (Å²) in [6.07, 6.45) is 7.42. The van der Waals surface area contributed by atoms with Gasteiger partial charge in [-0.3, -0.25) is 9.59 Å². The van der Waals surface area contributed by atoms with Gasteiger partial charge in [-0.15, -0.1) is 0 Å². The molecule has 6 heteroatoms. The van der Waals surface area contributed by atoms with Gasteiger partial charge in [-0.05, 0) is 24.1 Å². The lowest BCUT2D eigenvalue weighted by atomic mass is 10.1. The molecular formula is C20H28Cl2O4. The zero-order valence-electron chi connectivity index (χ0n) is 15.4. The zero-order chi connectivity index (χ0) is 19.2. The van der Waals surface area contributed by atoms with Gasteiger partial charge < -0.3 is 9.47 Å². The molecule has 1 rings (SSSR count). The van der Waals surface area contributed by atoms with Gasteiger partial charge in [-0.2, -0.15) is 0 Å². The van der Waals surface area contributed by atoms with Gasteiger partial charge in [0.25, 0.3) is 0 Å². The Morgan fingerprint density at radius 2 is 1.50 bits per heavy atom. The Kier molecular flexibility index (Phi) is 12.2. The summed E-state index contributed by atoms with van der Waals surface area (Å²) in [5, 5.41) is 1.11. The van der Waals surface area contributed by atoms with Gasteiger partial charge in [-0.25, -0.2) is 0 Å². The van der Waals surface area contributed by atoms with Crippen LogP contribution < -0.4 is 0 Å². The standard InChI is InChI=1S/C20H28Cl2O4/c1-2-3-4-5-6-7-13-25-19(23)10-11-20(24)26-14-12-16-8-9-17(21)15-18(16)22/h8-9,15H,2-7,10-14H2,1H3. The lowest BCUT2D eigenvalue weighted by Gasteiger charge is -2.07. The number of halogens is 2. The molecule has 0 radical (unpaired) electrons. The summed E-state index contributed by atoms with van der Waals surface area (Å²) in [4.78, 5) is 23.3. The Labute approximate surface area is 166 Å². The third kappa shape index (κ3) is 10.7. The highest BCUT2D eigenvalue weighted by Gasteiger charge is 2.10. The summed E-state index contributed by atoms with van der Waals surface area (Å²) in [6.45, 7) is 2.82. The first-order chi connectivity index (χ1) is 12.5. The third-order valence-electron chi connectivity index (χ3n) is 3.94. The molecule has 1 aromatic rings. The number of unbranched alkanes of at least 4 members (excludes halogenated alkanes) is 5. The Morgan fingerprint density at radius 1 is 0.885 bits per heavy atom. The maximum atomic E-state index is 11.7. The second kappa shape index (κ2) is 13.9. The fraction of sp³-hybridized carbons (Fsp3) is 0.600. The summed E-state index contributed by atoms with van der Waals surface area (Å²) in [5.41, 5.74) is 0.863. The monoisotopic (exact) mass is 402 g/mol. The van der Waals surface area contributed by atoms with Gasteiger partial charge in [0.15, 0.2) is 0 Å². The Morgan fingerprint density at radius 3 is 2.15 bits per heavy atom. The molecule has 0 atom stereocenters. The molecule has 1 aromatic carbocycles. The van der Waals surface area contributed by atoms with Gasteiger partial charge in [0.1, 0.15) is 0 Å². The zero-order valence-corrected chi connectivity index (χ0v) is 16.9. The minimum atomic E-state index is -0.411. The average Bonchev–Trinajstić information content (AvgIpc) is 2.61. The highest BCUT2D eigenvalue weighted by molar-refractivity contribution is 6.35. The quantitative estimate of drug-likeness (QED) is 0.310. The summed E-state index contributed by atoms with van der Waals surface area (Å²) < 4.78 is 10.2. The first-order valence-corrected chi connectivity index (χ1v) is 10.0. The van der Waals surface area contributed by atoms with Gasteiger partial charge in [0.2, 0.25) is 0 Å². The van der Waals surface area contributed by atoms with Crippen molar-refractivity contribution in [2.24, 2.45) is 0 Å². The lowest BCUT2D eigenvalue weighted by molar-refractivity contribution is -0.150. The summed E-state index contributed by atoms with van der Waals surface area (Å²) in [5.74, 6) is -0.761. The smallest absolute Gasteiger partial charge is 0.306 e. The molecule has 0 bridgehead atoms. The summed E-state index contributed by atoms with van der Waals surface area (Å²) >= 11 is 11.9. The first kappa shape index (κ1) is 22.8. The number of esters is 2. The molecule has 0 heterocycles. The molecule has 0 aliphatic heterocycles. The van der Waals surface area contributed by atoms with Crippen LogP contribution in [0.3, 0.4) is 0 Å². The van der Waals surface area contributed by atoms with Crippen LogP contribution in [-0.2, 0) is 25.5 Å². The molecule has 26 heavy (non-hydrogen) atoms. The molecule has 0 aromatic heterocycles. The molecule has 0 aliphatic carbocycles. The van der Waals surface area contributed by atoms with E-state index in [4.69, 9.17) is 32.7 Å². The van der Waals surface area contributed by atoms with Crippen LogP contribution in [0.1, 0.15) is 63.9 Å². The van der Waals surface area contributed by atoms with Crippen molar-refractivity contribution in [1.29, 1.82) is 0 Å². The van der Waals surface area contributed by atoms with Crippen LogP contribution >= 0.6 is 23.2 Å². The van der Waals surface area contributed by atoms with E-state index in [1.807, 2.05) is 0 Å². The Balaban J connectivity index is 2.05. The molecule has 4 nitrogen and oxygen atoms in total. The predicted molar refractivity (Wildman–Crippen MR) is 105 cm³/mol. The minimum Gasteiger partial charge on any atom is -0.466 e. The van der Waals surface area contributed by atoms with Crippen LogP contribution in [0.15, 0.2) is 18.2 Å². The van der Waals surface area contributed by atoms with E-state index in [9.17, 15) is 9.59 Å². The van der Waals surface area contributed by atoms with E-state index in [1.54, 1.807) is 18.2 Å². The molecule has 0 amide bonds. The number of hydrogen-bond acceptors (Lipinski definition) is 4.